The van der Waals surface area contributed by atoms with E-state index >= 15 is 0 Å². The Bertz CT molecular complexity index is 1050. The molecule has 1 aliphatic heterocycles. The van der Waals surface area contributed by atoms with E-state index in [-0.39, 0.29) is 11.8 Å². The van der Waals surface area contributed by atoms with Crippen molar-refractivity contribution in [1.82, 2.24) is 10.6 Å². The fraction of sp³-hybridized carbons (Fsp3) is 0.0435. The van der Waals surface area contributed by atoms with Crippen LogP contribution in [0.3, 0.4) is 0 Å². The molecule has 138 valence electrons. The van der Waals surface area contributed by atoms with E-state index in [0.717, 1.165) is 21.3 Å². The number of carbonyl (C=O) groups is 1. The maximum Gasteiger partial charge on any atom is 0.193 e. The van der Waals surface area contributed by atoms with Crippen LogP contribution in [-0.2, 0) is 0 Å². The van der Waals surface area contributed by atoms with Crippen molar-refractivity contribution in [2.24, 2.45) is 0 Å². The van der Waals surface area contributed by atoms with Crippen LogP contribution < -0.4 is 10.6 Å². The Morgan fingerprint density at radius 3 is 2.11 bits per heavy atom. The lowest BCUT2D eigenvalue weighted by molar-refractivity contribution is 0.102. The van der Waals surface area contributed by atoms with Crippen LogP contribution in [0.1, 0.15) is 27.5 Å². The van der Waals surface area contributed by atoms with Gasteiger partial charge in [-0.05, 0) is 35.5 Å². The summed E-state index contributed by atoms with van der Waals surface area (Å²) in [4.78, 5) is 13.6. The highest BCUT2D eigenvalue weighted by Crippen LogP contribution is 2.33. The molecule has 3 aromatic rings. The first-order valence-electron chi connectivity index (χ1n) is 8.86. The van der Waals surface area contributed by atoms with E-state index in [9.17, 15) is 4.79 Å². The van der Waals surface area contributed by atoms with Gasteiger partial charge >= 0.3 is 0 Å². The van der Waals surface area contributed by atoms with Crippen LogP contribution >= 0.6 is 28.1 Å². The molecular formula is C23H17BrN2OS. The molecule has 0 unspecified atom stereocenters. The van der Waals surface area contributed by atoms with Crippen molar-refractivity contribution in [3.63, 3.8) is 0 Å². The summed E-state index contributed by atoms with van der Waals surface area (Å²) in [5.74, 6) is -0.0325. The van der Waals surface area contributed by atoms with Crippen LogP contribution in [0, 0.1) is 0 Å². The van der Waals surface area contributed by atoms with Gasteiger partial charge in [0, 0.05) is 10.0 Å². The van der Waals surface area contributed by atoms with E-state index in [4.69, 9.17) is 12.2 Å². The molecule has 0 radical (unpaired) electrons. The molecule has 0 aliphatic carbocycles. The molecule has 0 bridgehead atoms. The summed E-state index contributed by atoms with van der Waals surface area (Å²) in [6.45, 7) is 0. The number of nitrogens with one attached hydrogen (secondary N) is 2. The Balaban J connectivity index is 1.92. The number of hydrogen-bond acceptors (Lipinski definition) is 2. The quantitative estimate of drug-likeness (QED) is 0.421. The van der Waals surface area contributed by atoms with Gasteiger partial charge in [0.25, 0.3) is 0 Å². The van der Waals surface area contributed by atoms with Crippen molar-refractivity contribution in [3.8, 4) is 0 Å². The molecule has 0 saturated carbocycles. The van der Waals surface area contributed by atoms with Gasteiger partial charge in [-0.1, -0.05) is 88.7 Å². The van der Waals surface area contributed by atoms with Gasteiger partial charge in [-0.3, -0.25) is 4.79 Å². The lowest BCUT2D eigenvalue weighted by atomic mass is 9.87. The van der Waals surface area contributed by atoms with Crippen molar-refractivity contribution in [2.45, 2.75) is 6.04 Å². The van der Waals surface area contributed by atoms with Gasteiger partial charge in [0.15, 0.2) is 10.9 Å². The van der Waals surface area contributed by atoms with E-state index in [2.05, 4.69) is 26.6 Å². The minimum atomic E-state index is -0.343. The van der Waals surface area contributed by atoms with Crippen molar-refractivity contribution < 1.29 is 4.79 Å². The number of thiocarbonyl (C=S) groups is 1. The summed E-state index contributed by atoms with van der Waals surface area (Å²) >= 11 is 8.94. The molecule has 4 rings (SSSR count). The smallest absolute Gasteiger partial charge is 0.193 e. The van der Waals surface area contributed by atoms with Crippen LogP contribution in [0.15, 0.2) is 95.0 Å². The largest absolute Gasteiger partial charge is 0.351 e. The minimum Gasteiger partial charge on any atom is -0.351 e. The summed E-state index contributed by atoms with van der Waals surface area (Å²) in [7, 11) is 0. The molecule has 5 heteroatoms. The molecule has 3 nitrogen and oxygen atoms in total. The van der Waals surface area contributed by atoms with Crippen LogP contribution in [0.5, 0.6) is 0 Å². The maximum absolute atomic E-state index is 13.6. The highest BCUT2D eigenvalue weighted by Gasteiger charge is 2.32. The second kappa shape index (κ2) is 8.09. The summed E-state index contributed by atoms with van der Waals surface area (Å²) < 4.78 is 0.982. The SMILES string of the molecule is O=C(C1=C(c2ccccc2)NC(=S)N[C@H]1c1ccc(Br)cc1)c1ccccc1. The Morgan fingerprint density at radius 2 is 1.46 bits per heavy atom. The number of carbonyl (C=O) groups excluding carboxylic acids is 1. The first-order chi connectivity index (χ1) is 13.6. The third-order valence-corrected chi connectivity index (χ3v) is 5.37. The van der Waals surface area contributed by atoms with Crippen molar-refractivity contribution in [3.05, 3.63) is 112 Å². The molecule has 0 aromatic heterocycles. The van der Waals surface area contributed by atoms with E-state index in [1.54, 1.807) is 0 Å². The maximum atomic E-state index is 13.6. The summed E-state index contributed by atoms with van der Waals surface area (Å²) in [6.07, 6.45) is 0. The van der Waals surface area contributed by atoms with Crippen LogP contribution in [0.2, 0.25) is 0 Å². The third-order valence-electron chi connectivity index (χ3n) is 4.62. The van der Waals surface area contributed by atoms with Crippen molar-refractivity contribution in [2.75, 3.05) is 0 Å². The number of ketones is 1. The van der Waals surface area contributed by atoms with E-state index in [0.29, 0.717) is 16.2 Å². The predicted octanol–water partition coefficient (Wildman–Crippen LogP) is 5.26. The second-order valence-corrected chi connectivity index (χ2v) is 7.76. The third kappa shape index (κ3) is 3.77. The average molecular weight is 449 g/mol. The Morgan fingerprint density at radius 1 is 0.857 bits per heavy atom. The predicted molar refractivity (Wildman–Crippen MR) is 120 cm³/mol. The highest BCUT2D eigenvalue weighted by atomic mass is 79.9. The van der Waals surface area contributed by atoms with E-state index in [1.807, 2.05) is 84.9 Å². The van der Waals surface area contributed by atoms with Gasteiger partial charge in [0.2, 0.25) is 0 Å². The fourth-order valence-electron chi connectivity index (χ4n) is 3.29. The molecule has 0 saturated heterocycles. The lowest BCUT2D eigenvalue weighted by Crippen LogP contribution is -2.44. The Labute approximate surface area is 177 Å². The zero-order valence-electron chi connectivity index (χ0n) is 14.9. The van der Waals surface area contributed by atoms with Gasteiger partial charge < -0.3 is 10.6 Å². The lowest BCUT2D eigenvalue weighted by Gasteiger charge is -2.32. The van der Waals surface area contributed by atoms with Gasteiger partial charge in [-0.2, -0.15) is 0 Å². The number of hydrogen-bond donors (Lipinski definition) is 2. The molecule has 28 heavy (non-hydrogen) atoms. The summed E-state index contributed by atoms with van der Waals surface area (Å²) in [5.41, 5.74) is 3.93. The zero-order valence-corrected chi connectivity index (χ0v) is 17.3. The van der Waals surface area contributed by atoms with E-state index in [1.165, 1.54) is 0 Å². The number of benzene rings is 3. The number of rotatable bonds is 4. The highest BCUT2D eigenvalue weighted by molar-refractivity contribution is 9.10. The molecule has 1 heterocycles. The first-order valence-corrected chi connectivity index (χ1v) is 10.1. The fourth-order valence-corrected chi connectivity index (χ4v) is 3.78. The molecule has 1 aliphatic rings. The molecule has 2 N–H and O–H groups in total. The molecule has 1 atom stereocenters. The van der Waals surface area contributed by atoms with E-state index < -0.39 is 0 Å². The minimum absolute atomic E-state index is 0.0325. The van der Waals surface area contributed by atoms with Crippen LogP contribution in [-0.4, -0.2) is 10.9 Å². The normalized spacial score (nSPS) is 16.3. The van der Waals surface area contributed by atoms with Crippen molar-refractivity contribution >= 4 is 44.7 Å². The van der Waals surface area contributed by atoms with Gasteiger partial charge in [-0.25, -0.2) is 0 Å². The second-order valence-electron chi connectivity index (χ2n) is 6.43. The molecular weight excluding hydrogens is 432 g/mol. The van der Waals surface area contributed by atoms with Gasteiger partial charge in [-0.15, -0.1) is 0 Å². The molecule has 0 fully saturated rings. The Hall–Kier alpha value is -2.76. The topological polar surface area (TPSA) is 41.1 Å². The zero-order chi connectivity index (χ0) is 19.5. The molecule has 0 spiro atoms. The van der Waals surface area contributed by atoms with Crippen LogP contribution in [0.4, 0.5) is 0 Å². The number of Topliss-reactive ketones (excluding diaryl/α,β-unsaturated/α-hetero) is 1. The first kappa shape index (κ1) is 18.6. The van der Waals surface area contributed by atoms with Gasteiger partial charge in [0.05, 0.1) is 17.3 Å². The standard InChI is InChI=1S/C23H17BrN2OS/c24-18-13-11-16(12-14-18)21-19(22(27)17-9-5-2-6-10-17)20(25-23(28)26-21)15-7-3-1-4-8-15/h1-14,21H,(H2,25,26,28)/t21-/m0/s1. The number of halogens is 1. The summed E-state index contributed by atoms with van der Waals surface area (Å²) in [5, 5.41) is 6.99. The monoisotopic (exact) mass is 448 g/mol. The molecule has 0 amide bonds. The molecule has 3 aromatic carbocycles. The van der Waals surface area contributed by atoms with Crippen molar-refractivity contribution in [1.29, 1.82) is 0 Å². The Kier molecular flexibility index (Phi) is 5.37. The van der Waals surface area contributed by atoms with Crippen LogP contribution in [0.25, 0.3) is 5.70 Å². The summed E-state index contributed by atoms with van der Waals surface area (Å²) in [6, 6.07) is 26.7. The average Bonchev–Trinajstić information content (AvgIpc) is 2.74. The van der Waals surface area contributed by atoms with Gasteiger partial charge in [0.1, 0.15) is 0 Å².